The largest absolute Gasteiger partial charge is 0.288 e. The van der Waals surface area contributed by atoms with Crippen LogP contribution in [-0.4, -0.2) is 31.5 Å². The van der Waals surface area contributed by atoms with Gasteiger partial charge in [-0.15, -0.1) is 5.10 Å². The number of rotatable bonds is 2. The van der Waals surface area contributed by atoms with Crippen molar-refractivity contribution in [2.45, 2.75) is 0 Å². The molecule has 0 aliphatic carbocycles. The fourth-order valence-electron chi connectivity index (χ4n) is 0.892. The van der Waals surface area contributed by atoms with E-state index < -0.39 is 0 Å². The van der Waals surface area contributed by atoms with E-state index in [1.807, 2.05) is 0 Å². The highest BCUT2D eigenvalue weighted by Gasteiger charge is 2.07. The van der Waals surface area contributed by atoms with E-state index in [1.165, 1.54) is 12.4 Å². The van der Waals surface area contributed by atoms with Crippen LogP contribution in [0.5, 0.6) is 0 Å². The number of amides is 1. The molecule has 0 fully saturated rings. The number of nitrogens with zero attached hydrogens (tertiary/aromatic N) is 4. The van der Waals surface area contributed by atoms with E-state index in [4.69, 9.17) is 0 Å². The zero-order valence-electron chi connectivity index (χ0n) is 7.01. The van der Waals surface area contributed by atoms with Crippen LogP contribution in [0, 0.1) is 0 Å². The van der Waals surface area contributed by atoms with E-state index >= 15 is 0 Å². The molecule has 70 valence electrons. The molecule has 0 saturated heterocycles. The molecule has 7 heteroatoms. The van der Waals surface area contributed by atoms with Gasteiger partial charge < -0.3 is 0 Å². The quantitative estimate of drug-likeness (QED) is 0.686. The van der Waals surface area contributed by atoms with E-state index in [1.54, 1.807) is 12.1 Å². The number of carbonyl (C=O) groups excluding carboxylic acids is 1. The van der Waals surface area contributed by atoms with Gasteiger partial charge in [0.25, 0.3) is 11.9 Å². The van der Waals surface area contributed by atoms with E-state index in [0.29, 0.717) is 5.56 Å². The third kappa shape index (κ3) is 1.71. The lowest BCUT2D eigenvalue weighted by molar-refractivity contribution is 0.102. The van der Waals surface area contributed by atoms with Crippen molar-refractivity contribution in [3.8, 4) is 0 Å². The first-order chi connectivity index (χ1) is 6.86. The highest BCUT2D eigenvalue weighted by Crippen LogP contribution is 2.00. The molecule has 1 amide bonds. The molecule has 0 radical (unpaired) electrons. The lowest BCUT2D eigenvalue weighted by Gasteiger charge is -1.98. The van der Waals surface area contributed by atoms with Crippen LogP contribution < -0.4 is 5.32 Å². The summed E-state index contributed by atoms with van der Waals surface area (Å²) in [5.41, 5.74) is 0.491. The Morgan fingerprint density at radius 2 is 2.14 bits per heavy atom. The fourth-order valence-corrected chi connectivity index (χ4v) is 0.892. The molecule has 2 aromatic heterocycles. The van der Waals surface area contributed by atoms with Crippen LogP contribution in [0.25, 0.3) is 0 Å². The fraction of sp³-hybridized carbons (Fsp3) is 0. The third-order valence-electron chi connectivity index (χ3n) is 1.51. The average molecular weight is 190 g/mol. The maximum Gasteiger partial charge on any atom is 0.270 e. The summed E-state index contributed by atoms with van der Waals surface area (Å²) in [6.45, 7) is 0. The van der Waals surface area contributed by atoms with Gasteiger partial charge >= 0.3 is 0 Å². The van der Waals surface area contributed by atoms with Crippen molar-refractivity contribution < 1.29 is 4.79 Å². The van der Waals surface area contributed by atoms with Crippen LogP contribution in [0.1, 0.15) is 10.4 Å². The number of pyridine rings is 1. The van der Waals surface area contributed by atoms with Gasteiger partial charge in [0.05, 0.1) is 0 Å². The lowest BCUT2D eigenvalue weighted by atomic mass is 10.2. The maximum absolute atomic E-state index is 11.5. The monoisotopic (exact) mass is 190 g/mol. The Labute approximate surface area is 78.6 Å². The van der Waals surface area contributed by atoms with Gasteiger partial charge in [0.15, 0.2) is 0 Å². The smallest absolute Gasteiger partial charge is 0.270 e. The second-order valence-corrected chi connectivity index (χ2v) is 2.43. The van der Waals surface area contributed by atoms with Crippen LogP contribution >= 0.6 is 0 Å². The first-order valence-electron chi connectivity index (χ1n) is 3.81. The summed E-state index contributed by atoms with van der Waals surface area (Å²) in [7, 11) is 0. The third-order valence-corrected chi connectivity index (χ3v) is 1.51. The van der Waals surface area contributed by atoms with E-state index in [9.17, 15) is 4.79 Å². The molecule has 7 nitrogen and oxygen atoms in total. The summed E-state index contributed by atoms with van der Waals surface area (Å²) in [6.07, 6.45) is 3.07. The van der Waals surface area contributed by atoms with Crippen molar-refractivity contribution in [2.75, 3.05) is 5.32 Å². The van der Waals surface area contributed by atoms with Crippen LogP contribution in [0.15, 0.2) is 24.5 Å². The highest BCUT2D eigenvalue weighted by molar-refractivity contribution is 6.03. The normalized spacial score (nSPS) is 9.71. The number of aromatic amines is 1. The Morgan fingerprint density at radius 3 is 2.79 bits per heavy atom. The lowest BCUT2D eigenvalue weighted by Crippen LogP contribution is -2.12. The van der Waals surface area contributed by atoms with Crippen molar-refractivity contribution in [1.29, 1.82) is 0 Å². The first kappa shape index (κ1) is 8.30. The van der Waals surface area contributed by atoms with Crippen LogP contribution in [0.4, 0.5) is 5.95 Å². The molecule has 0 aliphatic rings. The highest BCUT2D eigenvalue weighted by atomic mass is 16.1. The summed E-state index contributed by atoms with van der Waals surface area (Å²) >= 11 is 0. The Morgan fingerprint density at radius 1 is 1.36 bits per heavy atom. The van der Waals surface area contributed by atoms with Gasteiger partial charge in [-0.25, -0.2) is 0 Å². The Hall–Kier alpha value is -2.31. The zero-order chi connectivity index (χ0) is 9.80. The summed E-state index contributed by atoms with van der Waals surface area (Å²) in [5, 5.41) is 15.2. The molecule has 0 saturated carbocycles. The van der Waals surface area contributed by atoms with Crippen molar-refractivity contribution >= 4 is 11.9 Å². The summed E-state index contributed by atoms with van der Waals surface area (Å²) in [5.74, 6) is -0.152. The molecular weight excluding hydrogens is 184 g/mol. The Bertz CT molecular complexity index is 411. The summed E-state index contributed by atoms with van der Waals surface area (Å²) in [6, 6.07) is 3.19. The van der Waals surface area contributed by atoms with Gasteiger partial charge in [-0.1, -0.05) is 5.10 Å². The number of hydrogen-bond acceptors (Lipinski definition) is 5. The van der Waals surface area contributed by atoms with Crippen molar-refractivity contribution in [2.24, 2.45) is 0 Å². The van der Waals surface area contributed by atoms with Gasteiger partial charge in [-0.3, -0.25) is 15.1 Å². The number of anilines is 1. The minimum absolute atomic E-state index is 0.145. The maximum atomic E-state index is 11.5. The summed E-state index contributed by atoms with van der Waals surface area (Å²) in [4.78, 5) is 15.2. The van der Waals surface area contributed by atoms with Crippen LogP contribution in [0.2, 0.25) is 0 Å². The molecule has 0 aromatic carbocycles. The molecule has 0 atom stereocenters. The standard InChI is InChI=1S/C7H6N6O/c14-6(5-1-3-8-4-2-5)9-7-10-12-13-11-7/h1-4H,(H2,9,10,11,12,13,14). The molecule has 0 unspecified atom stereocenters. The Kier molecular flexibility index (Phi) is 2.14. The van der Waals surface area contributed by atoms with Gasteiger partial charge in [-0.05, 0) is 17.3 Å². The number of hydrogen-bond donors (Lipinski definition) is 2. The molecular formula is C7H6N6O. The molecule has 0 bridgehead atoms. The molecule has 14 heavy (non-hydrogen) atoms. The number of H-pyrrole nitrogens is 1. The van der Waals surface area contributed by atoms with Crippen LogP contribution in [-0.2, 0) is 0 Å². The number of nitrogens with one attached hydrogen (secondary N) is 2. The first-order valence-corrected chi connectivity index (χ1v) is 3.81. The second kappa shape index (κ2) is 3.60. The van der Waals surface area contributed by atoms with Crippen LogP contribution in [0.3, 0.4) is 0 Å². The van der Waals surface area contributed by atoms with Gasteiger partial charge in [0.1, 0.15) is 0 Å². The average Bonchev–Trinajstić information content (AvgIpc) is 2.72. The van der Waals surface area contributed by atoms with E-state index in [0.717, 1.165) is 0 Å². The molecule has 0 aliphatic heterocycles. The van der Waals surface area contributed by atoms with Crippen molar-refractivity contribution in [3.63, 3.8) is 0 Å². The predicted molar refractivity (Wildman–Crippen MR) is 46.4 cm³/mol. The second-order valence-electron chi connectivity index (χ2n) is 2.43. The minimum Gasteiger partial charge on any atom is -0.288 e. The Balaban J connectivity index is 2.11. The number of carbonyl (C=O) groups is 1. The van der Waals surface area contributed by atoms with Gasteiger partial charge in [0, 0.05) is 18.0 Å². The van der Waals surface area contributed by atoms with E-state index in [-0.39, 0.29) is 11.9 Å². The molecule has 2 N–H and O–H groups in total. The predicted octanol–water partition coefficient (Wildman–Crippen LogP) is -0.153. The molecule has 2 rings (SSSR count). The topological polar surface area (TPSA) is 96.5 Å². The number of tetrazole rings is 1. The minimum atomic E-state index is -0.297. The van der Waals surface area contributed by atoms with Gasteiger partial charge in [-0.2, -0.15) is 5.21 Å². The molecule has 2 aromatic rings. The van der Waals surface area contributed by atoms with Crippen molar-refractivity contribution in [1.82, 2.24) is 25.6 Å². The van der Waals surface area contributed by atoms with Crippen molar-refractivity contribution in [3.05, 3.63) is 30.1 Å². The zero-order valence-corrected chi connectivity index (χ0v) is 7.01. The number of aromatic nitrogens is 5. The molecule has 0 spiro atoms. The summed E-state index contributed by atoms with van der Waals surface area (Å²) < 4.78 is 0. The van der Waals surface area contributed by atoms with Gasteiger partial charge in [0.2, 0.25) is 0 Å². The SMILES string of the molecule is O=C(Nc1nn[nH]n1)c1ccncc1. The van der Waals surface area contributed by atoms with E-state index in [2.05, 4.69) is 30.9 Å². The molecule has 2 heterocycles.